The van der Waals surface area contributed by atoms with Crippen LogP contribution in [0.25, 0.3) is 0 Å². The fraction of sp³-hybridized carbons (Fsp3) is 0.529. The molecule has 2 N–H and O–H groups in total. The smallest absolute Gasteiger partial charge is 0.414 e. The molecule has 2 aromatic carbocycles. The number of benzene rings is 2. The second-order valence-corrected chi connectivity index (χ2v) is 15.8. The number of unbranched alkanes of at least 4 members (excludes halogenated alkanes) is 3. The van der Waals surface area contributed by atoms with Crippen molar-refractivity contribution in [1.29, 1.82) is 0 Å². The Labute approximate surface area is 318 Å². The molecule has 0 aliphatic carbocycles. The molecule has 0 spiro atoms. The maximum absolute atomic E-state index is 12.8. The number of carbonyl (C=O) groups excluding carboxylic acids is 4. The van der Waals surface area contributed by atoms with Crippen molar-refractivity contribution in [3.05, 3.63) is 59.7 Å². The summed E-state index contributed by atoms with van der Waals surface area (Å²) in [5, 5.41) is 0. The van der Waals surface area contributed by atoms with Crippen LogP contribution >= 0.6 is 0 Å². The van der Waals surface area contributed by atoms with Gasteiger partial charge in [-0.15, -0.1) is 0 Å². The van der Waals surface area contributed by atoms with E-state index in [-0.39, 0.29) is 11.6 Å². The van der Waals surface area contributed by atoms with E-state index in [9.17, 15) is 19.2 Å². The zero-order valence-electron chi connectivity index (χ0n) is 32.1. The van der Waals surface area contributed by atoms with E-state index in [0.717, 1.165) is 36.8 Å². The Morgan fingerprint density at radius 3 is 1.15 bits per heavy atom. The van der Waals surface area contributed by atoms with Crippen LogP contribution in [0, 0.1) is 0 Å². The van der Waals surface area contributed by atoms with Gasteiger partial charge in [-0.05, 0) is 37.1 Å². The van der Waals surface area contributed by atoms with Crippen molar-refractivity contribution in [3.8, 4) is 11.5 Å². The van der Waals surface area contributed by atoms with E-state index in [1.165, 1.54) is 9.80 Å². The van der Waals surface area contributed by atoms with Crippen LogP contribution < -0.4 is 9.47 Å². The molecule has 0 saturated carbocycles. The monoisotopic (exact) mass is 806 g/mol. The highest BCUT2D eigenvalue weighted by atomic mass is 32.3. The number of rotatable bonds is 17. The van der Waals surface area contributed by atoms with Crippen molar-refractivity contribution in [3.63, 3.8) is 0 Å². The highest BCUT2D eigenvalue weighted by Gasteiger charge is 2.25. The van der Waals surface area contributed by atoms with Crippen LogP contribution in [-0.2, 0) is 43.5 Å². The van der Waals surface area contributed by atoms with E-state index in [4.69, 9.17) is 44.5 Å². The molecule has 2 rings (SSSR count). The van der Waals surface area contributed by atoms with E-state index in [1.807, 2.05) is 64.6 Å². The molecule has 2 aromatic rings. The Kier molecular flexibility index (Phi) is 21.3. The molecule has 0 atom stereocenters. The lowest BCUT2D eigenvalue weighted by atomic mass is 10.1. The lowest BCUT2D eigenvalue weighted by molar-refractivity contribution is -0.895. The van der Waals surface area contributed by atoms with Crippen molar-refractivity contribution < 1.29 is 72.7 Å². The van der Waals surface area contributed by atoms with Gasteiger partial charge in [-0.2, -0.15) is 0 Å². The van der Waals surface area contributed by atoms with Gasteiger partial charge in [0, 0.05) is 52.2 Å². The highest BCUT2D eigenvalue weighted by molar-refractivity contribution is 7.80. The Hall–Kier alpha value is -4.02. The van der Waals surface area contributed by atoms with Gasteiger partial charge in [0.05, 0.1) is 28.2 Å². The second-order valence-electron chi connectivity index (χ2n) is 14.1. The van der Waals surface area contributed by atoms with E-state index < -0.39 is 33.0 Å². The number of para-hydroxylation sites is 2. The Morgan fingerprint density at radius 2 is 0.870 bits per heavy atom. The van der Waals surface area contributed by atoms with Crippen LogP contribution in [0.1, 0.15) is 49.7 Å². The van der Waals surface area contributed by atoms with E-state index in [2.05, 4.69) is 0 Å². The average Bonchev–Trinajstić information content (AvgIpc) is 2.98. The summed E-state index contributed by atoms with van der Waals surface area (Å²) in [6.45, 7) is 1.90. The molecule has 20 heteroatoms. The molecule has 0 heterocycles. The fourth-order valence-corrected chi connectivity index (χ4v) is 4.98. The number of hydrogen-bond donors (Lipinski definition) is 2. The second kappa shape index (κ2) is 23.0. The van der Waals surface area contributed by atoms with E-state index in [1.54, 1.807) is 40.3 Å². The first-order chi connectivity index (χ1) is 24.6. The number of Topliss-reactive ketones (excluding diaryl/α,β-unsaturated/α-hetero) is 2. The Balaban J connectivity index is 0.00000247. The molecule has 0 saturated heterocycles. The van der Waals surface area contributed by atoms with Gasteiger partial charge < -0.3 is 37.3 Å². The summed E-state index contributed by atoms with van der Waals surface area (Å²) in [6.07, 6.45) is 3.55. The minimum atomic E-state index is -4.92. The fourth-order valence-electron chi connectivity index (χ4n) is 4.98. The summed E-state index contributed by atoms with van der Waals surface area (Å²) in [6, 6.07) is 14.8. The third-order valence-corrected chi connectivity index (χ3v) is 7.14. The lowest BCUT2D eigenvalue weighted by Crippen LogP contribution is -2.43. The molecule has 0 fully saturated rings. The summed E-state index contributed by atoms with van der Waals surface area (Å²) in [5.41, 5.74) is 1.76. The molecule has 0 aromatic heterocycles. The van der Waals surface area contributed by atoms with Crippen molar-refractivity contribution in [2.24, 2.45) is 0 Å². The Morgan fingerprint density at radius 1 is 0.593 bits per heavy atom. The van der Waals surface area contributed by atoms with Gasteiger partial charge in [0.15, 0.2) is 11.6 Å². The number of ketones is 2. The third kappa shape index (κ3) is 26.7. The predicted molar refractivity (Wildman–Crippen MR) is 196 cm³/mol. The number of hydrogen-bond acceptors (Lipinski definition) is 12. The minimum Gasteiger partial charge on any atom is -0.726 e. The van der Waals surface area contributed by atoms with Crippen LogP contribution in [0.3, 0.4) is 0 Å². The lowest BCUT2D eigenvalue weighted by Gasteiger charge is -2.30. The molecule has 0 aliphatic heterocycles. The summed E-state index contributed by atoms with van der Waals surface area (Å²) in [5.74, 6) is 1.42. The molecule has 54 heavy (non-hydrogen) atoms. The normalized spacial score (nSPS) is 11.6. The molecule has 0 aliphatic rings. The maximum Gasteiger partial charge on any atom is 0.414 e. The first-order valence-electron chi connectivity index (χ1n) is 16.6. The number of ether oxygens (including phenoxy) is 2. The van der Waals surface area contributed by atoms with E-state index >= 15 is 0 Å². The molecule has 0 radical (unpaired) electrons. The Bertz CT molecular complexity index is 1600. The summed E-state index contributed by atoms with van der Waals surface area (Å²) < 4.78 is 77.6. The van der Waals surface area contributed by atoms with Gasteiger partial charge in [-0.25, -0.2) is 26.4 Å². The van der Waals surface area contributed by atoms with Crippen molar-refractivity contribution in [1.82, 2.24) is 9.80 Å². The van der Waals surface area contributed by atoms with Gasteiger partial charge in [-0.3, -0.25) is 18.7 Å². The molecule has 0 bridgehead atoms. The van der Waals surface area contributed by atoms with Gasteiger partial charge in [-0.1, -0.05) is 37.1 Å². The van der Waals surface area contributed by atoms with Crippen LogP contribution in [0.5, 0.6) is 11.5 Å². The number of nitrogens with zero attached hydrogens (tertiary/aromatic N) is 4. The first-order valence-corrected chi connectivity index (χ1v) is 19.3. The molecule has 306 valence electrons. The molecular weight excluding hydrogens is 753 g/mol. The van der Waals surface area contributed by atoms with Crippen molar-refractivity contribution in [2.75, 3.05) is 69.5 Å². The topological polar surface area (TPSA) is 248 Å². The van der Waals surface area contributed by atoms with Gasteiger partial charge in [0.1, 0.15) is 37.7 Å². The number of carbonyl (C=O) groups is 4. The van der Waals surface area contributed by atoms with Gasteiger partial charge in [0.2, 0.25) is 20.8 Å². The van der Waals surface area contributed by atoms with Crippen LogP contribution in [0.4, 0.5) is 9.59 Å². The van der Waals surface area contributed by atoms with Gasteiger partial charge in [0.25, 0.3) is 0 Å². The average molecular weight is 807 g/mol. The molecule has 0 unspecified atom stereocenters. The van der Waals surface area contributed by atoms with Crippen LogP contribution in [-0.4, -0.2) is 147 Å². The van der Waals surface area contributed by atoms with Crippen LogP contribution in [0.2, 0.25) is 0 Å². The van der Waals surface area contributed by atoms with Crippen molar-refractivity contribution >= 4 is 44.6 Å². The molecular formula is C34H54N4O14S2. The summed E-state index contributed by atoms with van der Waals surface area (Å²) >= 11 is 0. The van der Waals surface area contributed by atoms with Crippen molar-refractivity contribution in [2.45, 2.75) is 51.6 Å². The number of likely N-dealkylation sites (N-methyl/N-ethyl adjacent to an activating group) is 2. The van der Waals surface area contributed by atoms with E-state index in [0.29, 0.717) is 59.5 Å². The number of quaternary nitrogens is 2. The van der Waals surface area contributed by atoms with Crippen LogP contribution in [0.15, 0.2) is 48.5 Å². The summed E-state index contributed by atoms with van der Waals surface area (Å²) in [4.78, 5) is 52.4. The quantitative estimate of drug-likeness (QED) is 0.101. The zero-order chi connectivity index (χ0) is 41.9. The third-order valence-electron chi connectivity index (χ3n) is 7.14. The predicted octanol–water partition coefficient (Wildman–Crippen LogP) is 3.15. The largest absolute Gasteiger partial charge is 0.726 e. The maximum atomic E-state index is 12.8. The highest BCUT2D eigenvalue weighted by Crippen LogP contribution is 2.24. The first kappa shape index (κ1) is 50.0. The zero-order valence-corrected chi connectivity index (χ0v) is 33.7. The molecule has 18 nitrogen and oxygen atoms in total. The number of amides is 2. The summed E-state index contributed by atoms with van der Waals surface area (Å²) in [7, 11) is 4.73. The minimum absolute atomic E-state index is 0.199. The molecule has 2 amide bonds. The standard InChI is InChI=1S/C34H52N4O6.2H2O4S/c1-35(2)33(41)43-31-21-15-13-17-27(31)23-37(5,6)25-29(39)19-11-9-10-12-20-30(40)26-38(7,8)24-28-18-14-16-22-32(28)44-34(42)36(3)4;2*1-5(2,3)4/h13-18,21-22H,9-12,19-20,23-26H2,1-8H3;2*(H2,1,2,3,4)/q+2;;/p-2. The van der Waals surface area contributed by atoms with Gasteiger partial charge >= 0.3 is 12.2 Å². The SMILES string of the molecule is CN(C)C(=O)Oc1ccccc1C[N+](C)(C)CC(=O)CCCCCCC(=O)C[N+](C)(C)Cc1ccccc1OC(=O)N(C)C.O=S(=O)([O-])O.O=S(=O)([O-])O.